The molecule has 0 aliphatic carbocycles. The summed E-state index contributed by atoms with van der Waals surface area (Å²) in [5.74, 6) is 0.807. The molecule has 0 fully saturated rings. The topological polar surface area (TPSA) is 33.3 Å². The van der Waals surface area contributed by atoms with Crippen molar-refractivity contribution in [1.82, 2.24) is 5.32 Å². The molecule has 0 saturated carbocycles. The zero-order valence-corrected chi connectivity index (χ0v) is 13.8. The first-order valence-corrected chi connectivity index (χ1v) is 7.99. The molecule has 0 aliphatic heterocycles. The highest BCUT2D eigenvalue weighted by molar-refractivity contribution is 7.80. The fourth-order valence-electron chi connectivity index (χ4n) is 2.27. The van der Waals surface area contributed by atoms with E-state index >= 15 is 0 Å². The van der Waals surface area contributed by atoms with Crippen LogP contribution in [0.1, 0.15) is 31.9 Å². The van der Waals surface area contributed by atoms with E-state index in [9.17, 15) is 0 Å². The van der Waals surface area contributed by atoms with Crippen molar-refractivity contribution in [3.63, 3.8) is 0 Å². The Morgan fingerprint density at radius 1 is 1.05 bits per heavy atom. The number of hydrogen-bond donors (Lipinski definition) is 2. The van der Waals surface area contributed by atoms with Gasteiger partial charge in [-0.1, -0.05) is 49.4 Å². The highest BCUT2D eigenvalue weighted by atomic mass is 32.1. The summed E-state index contributed by atoms with van der Waals surface area (Å²) in [5, 5.41) is 7.19. The maximum Gasteiger partial charge on any atom is 0.171 e. The summed E-state index contributed by atoms with van der Waals surface area (Å²) in [5.41, 5.74) is 2.11. The van der Waals surface area contributed by atoms with Gasteiger partial charge < -0.3 is 15.4 Å². The van der Waals surface area contributed by atoms with E-state index in [1.54, 1.807) is 0 Å². The fourth-order valence-corrected chi connectivity index (χ4v) is 2.53. The number of para-hydroxylation sites is 2. The summed E-state index contributed by atoms with van der Waals surface area (Å²) >= 11 is 5.44. The van der Waals surface area contributed by atoms with Crippen LogP contribution < -0.4 is 15.4 Å². The van der Waals surface area contributed by atoms with Crippen LogP contribution in [0.25, 0.3) is 0 Å². The number of rotatable bonds is 6. The van der Waals surface area contributed by atoms with Crippen molar-refractivity contribution in [2.24, 2.45) is 0 Å². The van der Waals surface area contributed by atoms with E-state index in [0.717, 1.165) is 17.9 Å². The SMILES string of the molecule is CCOc1ccccc1NC(=S)N[C@H](CC)c1ccccc1. The lowest BCUT2D eigenvalue weighted by molar-refractivity contribution is 0.342. The molecular formula is C18H22N2OS. The van der Waals surface area contributed by atoms with Crippen molar-refractivity contribution in [2.45, 2.75) is 26.3 Å². The summed E-state index contributed by atoms with van der Waals surface area (Å²) in [7, 11) is 0. The molecule has 0 spiro atoms. The van der Waals surface area contributed by atoms with Gasteiger partial charge in [0.25, 0.3) is 0 Å². The molecule has 2 aromatic rings. The summed E-state index contributed by atoms with van der Waals surface area (Å²) in [6.07, 6.45) is 0.957. The van der Waals surface area contributed by atoms with Crippen LogP contribution >= 0.6 is 12.2 Å². The van der Waals surface area contributed by atoms with Crippen LogP contribution in [0, 0.1) is 0 Å². The lowest BCUT2D eigenvalue weighted by Gasteiger charge is -2.20. The Hall–Kier alpha value is -2.07. The molecule has 1 atom stereocenters. The van der Waals surface area contributed by atoms with Gasteiger partial charge in [-0.25, -0.2) is 0 Å². The van der Waals surface area contributed by atoms with Gasteiger partial charge in [-0.3, -0.25) is 0 Å². The van der Waals surface area contributed by atoms with Crippen LogP contribution in [0.2, 0.25) is 0 Å². The Bertz CT molecular complexity index is 601. The smallest absolute Gasteiger partial charge is 0.171 e. The van der Waals surface area contributed by atoms with Crippen molar-refractivity contribution < 1.29 is 4.74 Å². The van der Waals surface area contributed by atoms with Gasteiger partial charge in [-0.15, -0.1) is 0 Å². The molecule has 116 valence electrons. The number of anilines is 1. The molecule has 4 heteroatoms. The number of ether oxygens (including phenoxy) is 1. The summed E-state index contributed by atoms with van der Waals surface area (Å²) < 4.78 is 5.60. The van der Waals surface area contributed by atoms with E-state index in [1.165, 1.54) is 5.56 Å². The van der Waals surface area contributed by atoms with Crippen molar-refractivity contribution in [3.8, 4) is 5.75 Å². The molecular weight excluding hydrogens is 292 g/mol. The minimum atomic E-state index is 0.195. The van der Waals surface area contributed by atoms with Gasteiger partial charge in [0.05, 0.1) is 18.3 Å². The third-order valence-corrected chi connectivity index (χ3v) is 3.57. The van der Waals surface area contributed by atoms with E-state index in [2.05, 4.69) is 29.7 Å². The maximum atomic E-state index is 5.60. The Morgan fingerprint density at radius 3 is 2.41 bits per heavy atom. The second kappa shape index (κ2) is 8.39. The third kappa shape index (κ3) is 4.46. The average Bonchev–Trinajstić information content (AvgIpc) is 2.55. The monoisotopic (exact) mass is 314 g/mol. The quantitative estimate of drug-likeness (QED) is 0.768. The van der Waals surface area contributed by atoms with Crippen LogP contribution in [0.4, 0.5) is 5.69 Å². The molecule has 0 saturated heterocycles. The van der Waals surface area contributed by atoms with E-state index in [0.29, 0.717) is 11.7 Å². The van der Waals surface area contributed by atoms with Crippen LogP contribution in [-0.2, 0) is 0 Å². The third-order valence-electron chi connectivity index (χ3n) is 3.35. The lowest BCUT2D eigenvalue weighted by atomic mass is 10.1. The Balaban J connectivity index is 2.03. The molecule has 0 heterocycles. The van der Waals surface area contributed by atoms with Crippen LogP contribution in [0.5, 0.6) is 5.75 Å². The maximum absolute atomic E-state index is 5.60. The van der Waals surface area contributed by atoms with Gasteiger partial charge in [0.15, 0.2) is 5.11 Å². The predicted molar refractivity (Wildman–Crippen MR) is 96.4 cm³/mol. The molecule has 2 rings (SSSR count). The molecule has 2 N–H and O–H groups in total. The minimum Gasteiger partial charge on any atom is -0.492 e. The molecule has 0 aliphatic rings. The zero-order chi connectivity index (χ0) is 15.8. The molecule has 0 aromatic heterocycles. The minimum absolute atomic E-state index is 0.195. The fraction of sp³-hybridized carbons (Fsp3) is 0.278. The molecule has 22 heavy (non-hydrogen) atoms. The number of benzene rings is 2. The van der Waals surface area contributed by atoms with E-state index in [1.807, 2.05) is 49.4 Å². The van der Waals surface area contributed by atoms with Crippen molar-refractivity contribution in [3.05, 3.63) is 60.2 Å². The molecule has 3 nitrogen and oxygen atoms in total. The molecule has 0 unspecified atom stereocenters. The summed E-state index contributed by atoms with van der Waals surface area (Å²) in [6, 6.07) is 18.3. The van der Waals surface area contributed by atoms with E-state index < -0.39 is 0 Å². The first kappa shape index (κ1) is 16.3. The summed E-state index contributed by atoms with van der Waals surface area (Å²) in [4.78, 5) is 0. The van der Waals surface area contributed by atoms with E-state index in [-0.39, 0.29) is 6.04 Å². The Morgan fingerprint density at radius 2 is 1.73 bits per heavy atom. The van der Waals surface area contributed by atoms with Gasteiger partial charge in [0.1, 0.15) is 5.75 Å². The van der Waals surface area contributed by atoms with E-state index in [4.69, 9.17) is 17.0 Å². The van der Waals surface area contributed by atoms with Crippen molar-refractivity contribution >= 4 is 23.0 Å². The Kier molecular flexibility index (Phi) is 6.22. The highest BCUT2D eigenvalue weighted by Gasteiger charge is 2.11. The second-order valence-electron chi connectivity index (χ2n) is 4.90. The van der Waals surface area contributed by atoms with Crippen molar-refractivity contribution in [2.75, 3.05) is 11.9 Å². The van der Waals surface area contributed by atoms with Crippen LogP contribution in [0.3, 0.4) is 0 Å². The van der Waals surface area contributed by atoms with Gasteiger partial charge >= 0.3 is 0 Å². The van der Waals surface area contributed by atoms with Crippen LogP contribution in [-0.4, -0.2) is 11.7 Å². The molecule has 0 amide bonds. The number of hydrogen-bond acceptors (Lipinski definition) is 2. The lowest BCUT2D eigenvalue weighted by Crippen LogP contribution is -2.32. The van der Waals surface area contributed by atoms with Crippen molar-refractivity contribution in [1.29, 1.82) is 0 Å². The molecule has 0 radical (unpaired) electrons. The first-order chi connectivity index (χ1) is 10.7. The van der Waals surface area contributed by atoms with Crippen LogP contribution in [0.15, 0.2) is 54.6 Å². The van der Waals surface area contributed by atoms with Gasteiger partial charge in [-0.05, 0) is 43.3 Å². The van der Waals surface area contributed by atoms with Gasteiger partial charge in [0, 0.05) is 0 Å². The second-order valence-corrected chi connectivity index (χ2v) is 5.31. The first-order valence-electron chi connectivity index (χ1n) is 7.58. The number of thiocarbonyl (C=S) groups is 1. The standard InChI is InChI=1S/C18H22N2OS/c1-3-15(14-10-6-5-7-11-14)19-18(22)20-16-12-8-9-13-17(16)21-4-2/h5-13,15H,3-4H2,1-2H3,(H2,19,20,22)/t15-/m1/s1. The van der Waals surface area contributed by atoms with Gasteiger partial charge in [-0.2, -0.15) is 0 Å². The summed E-state index contributed by atoms with van der Waals surface area (Å²) in [6.45, 7) is 4.73. The average molecular weight is 314 g/mol. The Labute approximate surface area is 137 Å². The normalized spacial score (nSPS) is 11.5. The number of nitrogens with one attached hydrogen (secondary N) is 2. The van der Waals surface area contributed by atoms with Gasteiger partial charge in [0.2, 0.25) is 0 Å². The predicted octanol–water partition coefficient (Wildman–Crippen LogP) is 4.52. The highest BCUT2D eigenvalue weighted by Crippen LogP contribution is 2.24. The molecule has 2 aromatic carbocycles. The zero-order valence-electron chi connectivity index (χ0n) is 13.0. The largest absolute Gasteiger partial charge is 0.492 e. The molecule has 0 bridgehead atoms.